The molecule has 0 aliphatic rings. The van der Waals surface area contributed by atoms with E-state index in [2.05, 4.69) is 5.10 Å². The summed E-state index contributed by atoms with van der Waals surface area (Å²) in [7, 11) is -4.03. The highest BCUT2D eigenvalue weighted by Crippen LogP contribution is 2.16. The first-order chi connectivity index (χ1) is 10.9. The zero-order chi connectivity index (χ0) is 17.0. The number of carbonyl (C=O) groups excluding carboxylic acids is 1. The average molecular weight is 339 g/mol. The monoisotopic (exact) mass is 339 g/mol. The molecule has 6 nitrogen and oxygen atoms in total. The molecule has 2 rings (SSSR count). The Morgan fingerprint density at radius 2 is 1.96 bits per heavy atom. The summed E-state index contributed by atoms with van der Waals surface area (Å²) in [6.45, 7) is 3.63. The molecule has 1 aromatic carbocycles. The Balaban J connectivity index is 2.26. The van der Waals surface area contributed by atoms with E-state index in [1.54, 1.807) is 6.07 Å². The minimum Gasteiger partial charge on any atom is -0.274 e. The second-order valence-electron chi connectivity index (χ2n) is 5.06. The molecule has 1 amide bonds. The SMILES string of the molecule is CCC(CC)C(=O)NS(=O)(=O)c1cnn(-c2ccccc2F)c1. The molecule has 0 aliphatic carbocycles. The number of aromatic nitrogens is 2. The van der Waals surface area contributed by atoms with Gasteiger partial charge >= 0.3 is 0 Å². The van der Waals surface area contributed by atoms with Crippen molar-refractivity contribution in [3.8, 4) is 5.69 Å². The van der Waals surface area contributed by atoms with Gasteiger partial charge in [-0.25, -0.2) is 22.2 Å². The number of hydrogen-bond acceptors (Lipinski definition) is 4. The van der Waals surface area contributed by atoms with Crippen LogP contribution in [-0.2, 0) is 14.8 Å². The number of rotatable bonds is 6. The molecule has 0 fully saturated rings. The van der Waals surface area contributed by atoms with E-state index in [9.17, 15) is 17.6 Å². The van der Waals surface area contributed by atoms with Crippen molar-refractivity contribution in [1.29, 1.82) is 0 Å². The van der Waals surface area contributed by atoms with Crippen molar-refractivity contribution in [2.45, 2.75) is 31.6 Å². The van der Waals surface area contributed by atoms with Crippen molar-refractivity contribution < 1.29 is 17.6 Å². The minimum atomic E-state index is -4.03. The van der Waals surface area contributed by atoms with Crippen molar-refractivity contribution >= 4 is 15.9 Å². The molecule has 0 aliphatic heterocycles. The Kier molecular flexibility index (Phi) is 5.15. The van der Waals surface area contributed by atoms with Gasteiger partial charge in [0.05, 0.1) is 12.4 Å². The summed E-state index contributed by atoms with van der Waals surface area (Å²) < 4.78 is 41.3. The van der Waals surface area contributed by atoms with Gasteiger partial charge in [0, 0.05) is 5.92 Å². The van der Waals surface area contributed by atoms with Crippen LogP contribution in [0.1, 0.15) is 26.7 Å². The molecule has 0 saturated heterocycles. The molecule has 1 N–H and O–H groups in total. The predicted molar refractivity (Wildman–Crippen MR) is 82.9 cm³/mol. The van der Waals surface area contributed by atoms with Crippen LogP contribution in [0.15, 0.2) is 41.6 Å². The van der Waals surface area contributed by atoms with Crippen LogP contribution < -0.4 is 4.72 Å². The van der Waals surface area contributed by atoms with Gasteiger partial charge in [-0.05, 0) is 25.0 Å². The van der Waals surface area contributed by atoms with Gasteiger partial charge in [0.25, 0.3) is 10.0 Å². The lowest BCUT2D eigenvalue weighted by atomic mass is 10.0. The van der Waals surface area contributed by atoms with Gasteiger partial charge in [0.1, 0.15) is 16.4 Å². The molecular weight excluding hydrogens is 321 g/mol. The van der Waals surface area contributed by atoms with Crippen LogP contribution >= 0.6 is 0 Å². The maximum Gasteiger partial charge on any atom is 0.267 e. The Morgan fingerprint density at radius 1 is 1.30 bits per heavy atom. The largest absolute Gasteiger partial charge is 0.274 e. The number of hydrogen-bond donors (Lipinski definition) is 1. The van der Waals surface area contributed by atoms with E-state index in [0.29, 0.717) is 12.8 Å². The molecule has 1 heterocycles. The van der Waals surface area contributed by atoms with Gasteiger partial charge in [-0.3, -0.25) is 4.79 Å². The second-order valence-corrected chi connectivity index (χ2v) is 6.74. The quantitative estimate of drug-likeness (QED) is 0.875. The van der Waals surface area contributed by atoms with Crippen LogP contribution in [0.25, 0.3) is 5.69 Å². The number of nitrogens with one attached hydrogen (secondary N) is 1. The van der Waals surface area contributed by atoms with Crippen molar-refractivity contribution in [1.82, 2.24) is 14.5 Å². The van der Waals surface area contributed by atoms with E-state index in [4.69, 9.17) is 0 Å². The van der Waals surface area contributed by atoms with E-state index in [1.165, 1.54) is 24.4 Å². The van der Waals surface area contributed by atoms with Crippen molar-refractivity contribution in [2.75, 3.05) is 0 Å². The molecule has 0 saturated carbocycles. The Morgan fingerprint density at radius 3 is 2.57 bits per heavy atom. The molecule has 0 radical (unpaired) electrons. The third-order valence-electron chi connectivity index (χ3n) is 3.56. The van der Waals surface area contributed by atoms with Crippen LogP contribution in [0.2, 0.25) is 0 Å². The van der Waals surface area contributed by atoms with E-state index in [0.717, 1.165) is 10.9 Å². The fraction of sp³-hybridized carbons (Fsp3) is 0.333. The zero-order valence-electron chi connectivity index (χ0n) is 12.9. The lowest BCUT2D eigenvalue weighted by molar-refractivity contribution is -0.123. The maximum atomic E-state index is 13.7. The highest BCUT2D eigenvalue weighted by atomic mass is 32.2. The summed E-state index contributed by atoms with van der Waals surface area (Å²) in [5, 5.41) is 3.85. The second kappa shape index (κ2) is 6.91. The standard InChI is InChI=1S/C15H18FN3O3S/c1-3-11(4-2)15(20)18-23(21,22)12-9-17-19(10-12)14-8-6-5-7-13(14)16/h5-11H,3-4H2,1-2H3,(H,18,20). The van der Waals surface area contributed by atoms with E-state index in [-0.39, 0.29) is 16.5 Å². The van der Waals surface area contributed by atoms with E-state index in [1.807, 2.05) is 18.6 Å². The first kappa shape index (κ1) is 17.1. The lowest BCUT2D eigenvalue weighted by Gasteiger charge is -2.12. The fourth-order valence-electron chi connectivity index (χ4n) is 2.15. The number of benzene rings is 1. The van der Waals surface area contributed by atoms with E-state index < -0.39 is 21.7 Å². The van der Waals surface area contributed by atoms with E-state index >= 15 is 0 Å². The van der Waals surface area contributed by atoms with Gasteiger partial charge in [-0.2, -0.15) is 5.10 Å². The highest BCUT2D eigenvalue weighted by molar-refractivity contribution is 7.90. The average Bonchev–Trinajstić information content (AvgIpc) is 2.99. The third kappa shape index (κ3) is 3.76. The number of nitrogens with zero attached hydrogens (tertiary/aromatic N) is 2. The van der Waals surface area contributed by atoms with Crippen LogP contribution in [-0.4, -0.2) is 24.1 Å². The number of para-hydroxylation sites is 1. The van der Waals surface area contributed by atoms with Crippen molar-refractivity contribution in [2.24, 2.45) is 5.92 Å². The molecular formula is C15H18FN3O3S. The van der Waals surface area contributed by atoms with Crippen LogP contribution in [0.3, 0.4) is 0 Å². The van der Waals surface area contributed by atoms with Gasteiger partial charge in [-0.1, -0.05) is 26.0 Å². The molecule has 1 aromatic heterocycles. The molecule has 0 unspecified atom stereocenters. The Labute approximate surface area is 134 Å². The fourth-order valence-corrected chi connectivity index (χ4v) is 3.12. The summed E-state index contributed by atoms with van der Waals surface area (Å²) in [6, 6.07) is 5.86. The number of halogens is 1. The van der Waals surface area contributed by atoms with Crippen molar-refractivity contribution in [3.05, 3.63) is 42.5 Å². The highest BCUT2D eigenvalue weighted by Gasteiger charge is 2.24. The maximum absolute atomic E-state index is 13.7. The molecule has 23 heavy (non-hydrogen) atoms. The van der Waals surface area contributed by atoms with Crippen LogP contribution in [0, 0.1) is 11.7 Å². The first-order valence-electron chi connectivity index (χ1n) is 7.25. The normalized spacial score (nSPS) is 11.7. The molecule has 2 aromatic rings. The van der Waals surface area contributed by atoms with Gasteiger partial charge in [0.15, 0.2) is 0 Å². The summed E-state index contributed by atoms with van der Waals surface area (Å²) in [5.74, 6) is -1.44. The van der Waals surface area contributed by atoms with Crippen LogP contribution in [0.5, 0.6) is 0 Å². The topological polar surface area (TPSA) is 81.1 Å². The smallest absolute Gasteiger partial charge is 0.267 e. The third-order valence-corrected chi connectivity index (χ3v) is 4.86. The first-order valence-corrected chi connectivity index (χ1v) is 8.73. The summed E-state index contributed by atoms with van der Waals surface area (Å²) in [4.78, 5) is 11.8. The number of amides is 1. The number of carbonyl (C=O) groups is 1. The van der Waals surface area contributed by atoms with Gasteiger partial charge in [-0.15, -0.1) is 0 Å². The van der Waals surface area contributed by atoms with Gasteiger partial charge in [0.2, 0.25) is 5.91 Å². The molecule has 0 atom stereocenters. The summed E-state index contributed by atoms with van der Waals surface area (Å²) >= 11 is 0. The zero-order valence-corrected chi connectivity index (χ0v) is 13.7. The van der Waals surface area contributed by atoms with Crippen LogP contribution in [0.4, 0.5) is 4.39 Å². The van der Waals surface area contributed by atoms with Gasteiger partial charge < -0.3 is 0 Å². The van der Waals surface area contributed by atoms with Crippen molar-refractivity contribution in [3.63, 3.8) is 0 Å². The predicted octanol–water partition coefficient (Wildman–Crippen LogP) is 2.25. The minimum absolute atomic E-state index is 0.125. The number of sulfonamides is 1. The molecule has 124 valence electrons. The molecule has 0 bridgehead atoms. The lowest BCUT2D eigenvalue weighted by Crippen LogP contribution is -2.35. The molecule has 0 spiro atoms. The summed E-state index contributed by atoms with van der Waals surface area (Å²) in [5.41, 5.74) is 0.125. The Bertz CT molecular complexity index is 798. The summed E-state index contributed by atoms with van der Waals surface area (Å²) in [6.07, 6.45) is 3.34. The molecule has 8 heteroatoms. The Hall–Kier alpha value is -2.22.